The summed E-state index contributed by atoms with van der Waals surface area (Å²) in [5.74, 6) is -0.0995. The normalized spacial score (nSPS) is 16.8. The molecule has 0 spiro atoms. The highest BCUT2D eigenvalue weighted by Crippen LogP contribution is 2.41. The molecule has 0 saturated carbocycles. The van der Waals surface area contributed by atoms with Gasteiger partial charge in [-0.2, -0.15) is 0 Å². The molecule has 4 rings (SSSR count). The van der Waals surface area contributed by atoms with E-state index in [2.05, 4.69) is 10.3 Å². The Kier molecular flexibility index (Phi) is 7.07. The molecule has 2 aromatic carbocycles. The molecule has 0 saturated heterocycles. The van der Waals surface area contributed by atoms with Crippen molar-refractivity contribution in [3.05, 3.63) is 82.0 Å². The molecule has 1 amide bonds. The topological polar surface area (TPSA) is 80.2 Å². The first-order valence-corrected chi connectivity index (χ1v) is 11.9. The number of aliphatic imine (C=N–C) groups is 1. The van der Waals surface area contributed by atoms with E-state index >= 15 is 0 Å². The highest BCUT2D eigenvalue weighted by atomic mass is 32.2. The summed E-state index contributed by atoms with van der Waals surface area (Å²) in [7, 11) is 0. The minimum Gasteiger partial charge on any atom is -0.484 e. The van der Waals surface area contributed by atoms with Crippen molar-refractivity contribution in [1.82, 2.24) is 4.90 Å². The summed E-state index contributed by atoms with van der Waals surface area (Å²) in [6.45, 7) is 7.71. The Labute approximate surface area is 203 Å². The van der Waals surface area contributed by atoms with Gasteiger partial charge in [0.15, 0.2) is 11.8 Å². The number of amides is 1. The number of thioether (sulfide) groups is 1. The van der Waals surface area contributed by atoms with Crippen LogP contribution in [0.15, 0.2) is 70.3 Å². The number of carbonyl (C=O) groups is 2. The molecule has 0 radical (unpaired) electrons. The molecule has 1 atom stereocenters. The summed E-state index contributed by atoms with van der Waals surface area (Å²) in [4.78, 5) is 31.8. The highest BCUT2D eigenvalue weighted by Gasteiger charge is 2.37. The molecular weight excluding hydrogens is 450 g/mol. The molecule has 8 heteroatoms. The van der Waals surface area contributed by atoms with Crippen LogP contribution in [0.25, 0.3) is 0 Å². The lowest BCUT2D eigenvalue weighted by atomic mass is 9.94. The standard InChI is InChI=1S/C26H27N3O4S/c1-5-32-25(31)23-18(4)27-26-29(11-12-34-26)24(23)19-7-6-8-20(14-19)33-15-22(30)28-21-10-9-16(2)13-17(21)3/h6-14,24H,5,15H2,1-4H3,(H,28,30). The zero-order chi connectivity index (χ0) is 24.2. The van der Waals surface area contributed by atoms with Crippen LogP contribution in [-0.4, -0.2) is 35.2 Å². The predicted octanol–water partition coefficient (Wildman–Crippen LogP) is 5.09. The van der Waals surface area contributed by atoms with Gasteiger partial charge in [-0.15, -0.1) is 0 Å². The second-order valence-electron chi connectivity index (χ2n) is 8.05. The van der Waals surface area contributed by atoms with Gasteiger partial charge in [-0.05, 0) is 62.4 Å². The molecule has 1 unspecified atom stereocenters. The van der Waals surface area contributed by atoms with Crippen LogP contribution >= 0.6 is 11.8 Å². The number of aryl methyl sites for hydroxylation is 2. The van der Waals surface area contributed by atoms with E-state index in [1.54, 1.807) is 13.0 Å². The molecule has 0 fully saturated rings. The van der Waals surface area contributed by atoms with Gasteiger partial charge in [-0.3, -0.25) is 4.79 Å². The first kappa shape index (κ1) is 23.6. The highest BCUT2D eigenvalue weighted by molar-refractivity contribution is 8.16. The van der Waals surface area contributed by atoms with Crippen molar-refractivity contribution in [2.45, 2.75) is 33.7 Å². The van der Waals surface area contributed by atoms with E-state index in [0.717, 1.165) is 27.5 Å². The van der Waals surface area contributed by atoms with Crippen LogP contribution in [0, 0.1) is 13.8 Å². The smallest absolute Gasteiger partial charge is 0.338 e. The van der Waals surface area contributed by atoms with Crippen molar-refractivity contribution in [2.75, 3.05) is 18.5 Å². The second kappa shape index (κ2) is 10.2. The van der Waals surface area contributed by atoms with E-state index in [4.69, 9.17) is 9.47 Å². The number of fused-ring (bicyclic) bond motifs is 1. The first-order valence-electron chi connectivity index (χ1n) is 11.1. The maximum Gasteiger partial charge on any atom is 0.338 e. The average molecular weight is 478 g/mol. The van der Waals surface area contributed by atoms with Gasteiger partial charge in [0, 0.05) is 11.9 Å². The number of allylic oxidation sites excluding steroid dienone is 1. The van der Waals surface area contributed by atoms with Crippen molar-refractivity contribution in [3.63, 3.8) is 0 Å². The molecule has 2 aliphatic heterocycles. The van der Waals surface area contributed by atoms with Crippen LogP contribution in [0.4, 0.5) is 5.69 Å². The third-order valence-corrected chi connectivity index (χ3v) is 6.29. The molecule has 0 aliphatic carbocycles. The zero-order valence-corrected chi connectivity index (χ0v) is 20.4. The summed E-state index contributed by atoms with van der Waals surface area (Å²) in [6.07, 6.45) is 1.91. The fourth-order valence-electron chi connectivity index (χ4n) is 3.96. The maximum absolute atomic E-state index is 12.8. The Hall–Kier alpha value is -3.52. The van der Waals surface area contributed by atoms with Crippen LogP contribution in [0.5, 0.6) is 5.75 Å². The van der Waals surface area contributed by atoms with E-state index in [9.17, 15) is 9.59 Å². The molecule has 2 heterocycles. The van der Waals surface area contributed by atoms with Crippen molar-refractivity contribution >= 4 is 34.5 Å². The Balaban J connectivity index is 1.52. The minimum atomic E-state index is -0.398. The minimum absolute atomic E-state index is 0.132. The summed E-state index contributed by atoms with van der Waals surface area (Å²) in [6, 6.07) is 12.9. The zero-order valence-electron chi connectivity index (χ0n) is 19.6. The fourth-order valence-corrected chi connectivity index (χ4v) is 4.75. The van der Waals surface area contributed by atoms with Crippen LogP contribution < -0.4 is 10.1 Å². The van der Waals surface area contributed by atoms with Gasteiger partial charge in [0.2, 0.25) is 0 Å². The average Bonchev–Trinajstić information content (AvgIpc) is 3.27. The SMILES string of the molecule is CCOC(=O)C1=C(C)N=C2SC=CN2C1c1cccc(OCC(=O)Nc2ccc(C)cc2C)c1. The third kappa shape index (κ3) is 5.02. The van der Waals surface area contributed by atoms with E-state index < -0.39 is 12.0 Å². The lowest BCUT2D eigenvalue weighted by molar-refractivity contribution is -0.139. The Morgan fingerprint density at radius 2 is 1.97 bits per heavy atom. The van der Waals surface area contributed by atoms with E-state index in [1.807, 2.05) is 73.7 Å². The summed E-state index contributed by atoms with van der Waals surface area (Å²) >= 11 is 1.50. The van der Waals surface area contributed by atoms with Crippen LogP contribution in [0.3, 0.4) is 0 Å². The molecule has 34 heavy (non-hydrogen) atoms. The monoisotopic (exact) mass is 477 g/mol. The number of benzene rings is 2. The molecule has 2 aliphatic rings. The fraction of sp³-hybridized carbons (Fsp3) is 0.269. The Morgan fingerprint density at radius 1 is 1.15 bits per heavy atom. The second-order valence-corrected chi connectivity index (χ2v) is 8.93. The molecule has 2 aromatic rings. The van der Waals surface area contributed by atoms with Crippen molar-refractivity contribution < 1.29 is 19.1 Å². The van der Waals surface area contributed by atoms with Gasteiger partial charge in [-0.1, -0.05) is 41.6 Å². The first-order chi connectivity index (χ1) is 16.4. The number of carbonyl (C=O) groups excluding carboxylic acids is 2. The van der Waals surface area contributed by atoms with Crippen molar-refractivity contribution in [2.24, 2.45) is 4.99 Å². The molecule has 176 valence electrons. The van der Waals surface area contributed by atoms with Gasteiger partial charge in [-0.25, -0.2) is 9.79 Å². The van der Waals surface area contributed by atoms with Crippen LogP contribution in [0.1, 0.15) is 36.6 Å². The number of nitrogens with one attached hydrogen (secondary N) is 1. The van der Waals surface area contributed by atoms with Gasteiger partial charge in [0.25, 0.3) is 5.91 Å². The van der Waals surface area contributed by atoms with E-state index in [1.165, 1.54) is 11.8 Å². The number of hydrogen-bond acceptors (Lipinski definition) is 7. The molecular formula is C26H27N3O4S. The van der Waals surface area contributed by atoms with Gasteiger partial charge in [0.05, 0.1) is 23.9 Å². The number of amidine groups is 1. The molecule has 1 N–H and O–H groups in total. The number of hydrogen-bond donors (Lipinski definition) is 1. The molecule has 7 nitrogen and oxygen atoms in total. The number of ether oxygens (including phenoxy) is 2. The van der Waals surface area contributed by atoms with Crippen molar-refractivity contribution in [3.8, 4) is 5.75 Å². The van der Waals surface area contributed by atoms with Gasteiger partial charge < -0.3 is 19.7 Å². The molecule has 0 bridgehead atoms. The summed E-state index contributed by atoms with van der Waals surface area (Å²) in [5, 5.41) is 5.63. The van der Waals surface area contributed by atoms with Gasteiger partial charge >= 0.3 is 5.97 Å². The summed E-state index contributed by atoms with van der Waals surface area (Å²) < 4.78 is 11.1. The third-order valence-electron chi connectivity index (χ3n) is 5.52. The number of anilines is 1. The maximum atomic E-state index is 12.8. The number of rotatable bonds is 7. The van der Waals surface area contributed by atoms with Crippen molar-refractivity contribution in [1.29, 1.82) is 0 Å². The Bertz CT molecular complexity index is 1220. The lowest BCUT2D eigenvalue weighted by Crippen LogP contribution is -2.34. The Morgan fingerprint density at radius 3 is 2.74 bits per heavy atom. The van der Waals surface area contributed by atoms with Crippen LogP contribution in [-0.2, 0) is 14.3 Å². The predicted molar refractivity (Wildman–Crippen MR) is 135 cm³/mol. The van der Waals surface area contributed by atoms with Gasteiger partial charge in [0.1, 0.15) is 5.75 Å². The van der Waals surface area contributed by atoms with Crippen LogP contribution in [0.2, 0.25) is 0 Å². The quantitative estimate of drug-likeness (QED) is 0.560. The number of esters is 1. The molecule has 0 aromatic heterocycles. The number of nitrogens with zero attached hydrogens (tertiary/aromatic N) is 2. The summed E-state index contributed by atoms with van der Waals surface area (Å²) in [5.41, 5.74) is 4.86. The largest absolute Gasteiger partial charge is 0.484 e. The van der Waals surface area contributed by atoms with E-state index in [-0.39, 0.29) is 19.1 Å². The lowest BCUT2D eigenvalue weighted by Gasteiger charge is -2.33. The van der Waals surface area contributed by atoms with E-state index in [0.29, 0.717) is 17.0 Å².